The van der Waals surface area contributed by atoms with Gasteiger partial charge in [0.2, 0.25) is 0 Å². The Morgan fingerprint density at radius 3 is 2.46 bits per heavy atom. The lowest BCUT2D eigenvalue weighted by atomic mass is 9.87. The van der Waals surface area contributed by atoms with Gasteiger partial charge in [-0.15, -0.1) is 0 Å². The summed E-state index contributed by atoms with van der Waals surface area (Å²) in [7, 11) is 1.35. The van der Waals surface area contributed by atoms with E-state index < -0.39 is 29.8 Å². The van der Waals surface area contributed by atoms with Crippen molar-refractivity contribution >= 4 is 0 Å². The molecule has 1 aliphatic rings. The number of hydrogen-bond donors (Lipinski definition) is 3. The molecule has 0 saturated heterocycles. The first-order valence-corrected chi connectivity index (χ1v) is 7.80. The quantitative estimate of drug-likeness (QED) is 0.768. The van der Waals surface area contributed by atoms with Crippen LogP contribution in [0.15, 0.2) is 45.6 Å². The Bertz CT molecular complexity index is 754. The topological polar surface area (TPSA) is 100 Å². The Kier molecular flexibility index (Phi) is 4.82. The van der Waals surface area contributed by atoms with Crippen molar-refractivity contribution in [3.05, 3.63) is 69.3 Å². The van der Waals surface area contributed by atoms with E-state index in [1.807, 2.05) is 30.3 Å². The smallest absolute Gasteiger partial charge is 0.191 e. The van der Waals surface area contributed by atoms with Gasteiger partial charge in [0.25, 0.3) is 0 Å². The van der Waals surface area contributed by atoms with E-state index in [4.69, 9.17) is 9.15 Å². The van der Waals surface area contributed by atoms with Crippen LogP contribution in [-0.2, 0) is 17.6 Å². The molecule has 1 heterocycles. The molecule has 6 nitrogen and oxygen atoms in total. The summed E-state index contributed by atoms with van der Waals surface area (Å²) in [6.07, 6.45) is -4.18. The molecule has 0 amide bonds. The first-order chi connectivity index (χ1) is 11.5. The molecule has 0 saturated carbocycles. The molecule has 0 bridgehead atoms. The number of aliphatic hydroxyl groups excluding tert-OH is 3. The van der Waals surface area contributed by atoms with Gasteiger partial charge in [0, 0.05) is 19.6 Å². The Balaban J connectivity index is 1.93. The molecule has 24 heavy (non-hydrogen) atoms. The van der Waals surface area contributed by atoms with E-state index in [0.717, 1.165) is 5.56 Å². The average molecular weight is 332 g/mol. The number of methoxy groups -OCH3 is 1. The van der Waals surface area contributed by atoms with Gasteiger partial charge in [0.15, 0.2) is 5.43 Å². The number of fused-ring (bicyclic) bond motifs is 1. The molecule has 0 fully saturated rings. The highest BCUT2D eigenvalue weighted by Gasteiger charge is 2.44. The fourth-order valence-corrected chi connectivity index (χ4v) is 3.05. The van der Waals surface area contributed by atoms with Crippen LogP contribution in [0.5, 0.6) is 0 Å². The Morgan fingerprint density at radius 2 is 1.79 bits per heavy atom. The van der Waals surface area contributed by atoms with Crippen LogP contribution in [-0.4, -0.2) is 34.6 Å². The van der Waals surface area contributed by atoms with Crippen molar-refractivity contribution in [2.24, 2.45) is 0 Å². The zero-order chi connectivity index (χ0) is 17.3. The predicted octanol–water partition coefficient (Wildman–Crippen LogP) is 0.881. The van der Waals surface area contributed by atoms with Gasteiger partial charge in [-0.05, 0) is 12.0 Å². The van der Waals surface area contributed by atoms with Crippen LogP contribution in [0.3, 0.4) is 0 Å². The monoisotopic (exact) mass is 332 g/mol. The maximum Gasteiger partial charge on any atom is 0.191 e. The van der Waals surface area contributed by atoms with Crippen LogP contribution in [0.1, 0.15) is 34.9 Å². The van der Waals surface area contributed by atoms with Crippen molar-refractivity contribution in [3.63, 3.8) is 0 Å². The second-order valence-corrected chi connectivity index (χ2v) is 5.92. The summed E-state index contributed by atoms with van der Waals surface area (Å²) in [6, 6.07) is 11.1. The standard InChI is InChI=1S/C18H20O6/c1-23-18-16(22)15(21)14(20)13-12(19)9-11(24-17(13)18)8-7-10-5-3-2-4-6-10/h2-6,9,14-16,18,20-22H,7-8H2,1H3/t14-,15+,16+,18-/m0/s1. The van der Waals surface area contributed by atoms with Gasteiger partial charge in [-0.1, -0.05) is 30.3 Å². The molecular formula is C18H20O6. The Hall–Kier alpha value is -1.99. The van der Waals surface area contributed by atoms with Crippen molar-refractivity contribution in [3.8, 4) is 0 Å². The summed E-state index contributed by atoms with van der Waals surface area (Å²) in [5.74, 6) is 0.527. The van der Waals surface area contributed by atoms with E-state index >= 15 is 0 Å². The Labute approximate surface area is 138 Å². The second-order valence-electron chi connectivity index (χ2n) is 5.92. The van der Waals surface area contributed by atoms with Crippen molar-refractivity contribution in [2.75, 3.05) is 7.11 Å². The van der Waals surface area contributed by atoms with Crippen LogP contribution >= 0.6 is 0 Å². The summed E-state index contributed by atoms with van der Waals surface area (Å²) < 4.78 is 10.9. The molecule has 3 N–H and O–H groups in total. The minimum Gasteiger partial charge on any atom is -0.463 e. The summed E-state index contributed by atoms with van der Waals surface area (Å²) in [5, 5.41) is 30.0. The zero-order valence-corrected chi connectivity index (χ0v) is 13.3. The van der Waals surface area contributed by atoms with Crippen LogP contribution in [0.4, 0.5) is 0 Å². The highest BCUT2D eigenvalue weighted by atomic mass is 16.5. The number of hydrogen-bond acceptors (Lipinski definition) is 6. The highest BCUT2D eigenvalue weighted by Crippen LogP contribution is 2.37. The third-order valence-corrected chi connectivity index (χ3v) is 4.36. The summed E-state index contributed by atoms with van der Waals surface area (Å²) in [5.41, 5.74) is 0.625. The van der Waals surface area contributed by atoms with E-state index in [2.05, 4.69) is 0 Å². The minimum absolute atomic E-state index is 0.0527. The Morgan fingerprint density at radius 1 is 1.08 bits per heavy atom. The number of aryl methyl sites for hydroxylation is 2. The SMILES string of the molecule is CO[C@@H]1c2oc(CCc3ccccc3)cc(=O)c2[C@H](O)[C@@H](O)[C@H]1O. The molecule has 0 unspecified atom stereocenters. The van der Waals surface area contributed by atoms with E-state index in [1.54, 1.807) is 0 Å². The maximum atomic E-state index is 12.4. The number of aliphatic hydroxyl groups is 3. The summed E-state index contributed by atoms with van der Waals surface area (Å²) >= 11 is 0. The molecule has 2 aromatic rings. The molecule has 0 radical (unpaired) electrons. The number of rotatable bonds is 4. The van der Waals surface area contributed by atoms with Crippen LogP contribution < -0.4 is 5.43 Å². The normalized spacial score (nSPS) is 26.2. The van der Waals surface area contributed by atoms with Crippen molar-refractivity contribution in [1.82, 2.24) is 0 Å². The number of benzene rings is 1. The van der Waals surface area contributed by atoms with Crippen molar-refractivity contribution in [2.45, 2.75) is 37.3 Å². The van der Waals surface area contributed by atoms with Crippen LogP contribution in [0.2, 0.25) is 0 Å². The van der Waals surface area contributed by atoms with Gasteiger partial charge in [-0.25, -0.2) is 0 Å². The molecule has 1 aromatic heterocycles. The lowest BCUT2D eigenvalue weighted by Crippen LogP contribution is -2.44. The number of ether oxygens (including phenoxy) is 1. The molecule has 128 valence electrons. The lowest BCUT2D eigenvalue weighted by Gasteiger charge is -2.34. The third-order valence-electron chi connectivity index (χ3n) is 4.36. The van der Waals surface area contributed by atoms with Gasteiger partial charge in [-0.2, -0.15) is 0 Å². The lowest BCUT2D eigenvalue weighted by molar-refractivity contribution is -0.138. The summed E-state index contributed by atoms with van der Waals surface area (Å²) in [4.78, 5) is 12.4. The summed E-state index contributed by atoms with van der Waals surface area (Å²) in [6.45, 7) is 0. The average Bonchev–Trinajstić information content (AvgIpc) is 2.59. The van der Waals surface area contributed by atoms with Gasteiger partial charge < -0.3 is 24.5 Å². The predicted molar refractivity (Wildman–Crippen MR) is 85.6 cm³/mol. The molecule has 0 spiro atoms. The molecule has 3 rings (SSSR count). The second kappa shape index (κ2) is 6.86. The van der Waals surface area contributed by atoms with Crippen molar-refractivity contribution < 1.29 is 24.5 Å². The third kappa shape index (κ3) is 3.01. The largest absolute Gasteiger partial charge is 0.463 e. The first-order valence-electron chi connectivity index (χ1n) is 7.80. The van der Waals surface area contributed by atoms with Gasteiger partial charge in [0.05, 0.1) is 5.56 Å². The molecule has 1 aliphatic carbocycles. The van der Waals surface area contributed by atoms with Crippen molar-refractivity contribution in [1.29, 1.82) is 0 Å². The molecule has 1 aromatic carbocycles. The van der Waals surface area contributed by atoms with E-state index in [9.17, 15) is 20.1 Å². The van der Waals surface area contributed by atoms with Crippen LogP contribution in [0.25, 0.3) is 0 Å². The first kappa shape index (κ1) is 16.9. The van der Waals surface area contributed by atoms with E-state index in [-0.39, 0.29) is 11.3 Å². The molecule has 4 atom stereocenters. The minimum atomic E-state index is -1.50. The molecule has 6 heteroatoms. The van der Waals surface area contributed by atoms with E-state index in [0.29, 0.717) is 18.6 Å². The maximum absolute atomic E-state index is 12.4. The zero-order valence-electron chi connectivity index (χ0n) is 13.3. The highest BCUT2D eigenvalue weighted by molar-refractivity contribution is 5.30. The van der Waals surface area contributed by atoms with Gasteiger partial charge in [-0.3, -0.25) is 4.79 Å². The fraction of sp³-hybridized carbons (Fsp3) is 0.389. The fourth-order valence-electron chi connectivity index (χ4n) is 3.05. The van der Waals surface area contributed by atoms with E-state index in [1.165, 1.54) is 13.2 Å². The van der Waals surface area contributed by atoms with Gasteiger partial charge in [0.1, 0.15) is 35.9 Å². The molecule has 0 aliphatic heterocycles. The van der Waals surface area contributed by atoms with Crippen LogP contribution in [0, 0.1) is 0 Å². The molecular weight excluding hydrogens is 312 g/mol. The van der Waals surface area contributed by atoms with Gasteiger partial charge >= 0.3 is 0 Å².